The minimum Gasteiger partial charge on any atom is -0.380 e. The molecule has 0 bridgehead atoms. The van der Waals surface area contributed by atoms with Gasteiger partial charge in [0.25, 0.3) is 0 Å². The van der Waals surface area contributed by atoms with E-state index in [-0.39, 0.29) is 4.90 Å². The van der Waals surface area contributed by atoms with Crippen molar-refractivity contribution >= 4 is 15.5 Å². The van der Waals surface area contributed by atoms with E-state index in [0.717, 1.165) is 5.56 Å². The van der Waals surface area contributed by atoms with Gasteiger partial charge in [0.15, 0.2) is 9.84 Å². The molecule has 1 N–H and O–H groups in total. The number of nitriles is 1. The van der Waals surface area contributed by atoms with E-state index < -0.39 is 9.84 Å². The summed E-state index contributed by atoms with van der Waals surface area (Å²) >= 11 is 0. The first-order valence-electron chi connectivity index (χ1n) is 6.03. The highest BCUT2D eigenvalue weighted by molar-refractivity contribution is 7.90. The molecule has 0 radical (unpaired) electrons. The first kappa shape index (κ1) is 14.1. The number of sulfone groups is 1. The van der Waals surface area contributed by atoms with E-state index in [9.17, 15) is 8.42 Å². The quantitative estimate of drug-likeness (QED) is 0.937. The van der Waals surface area contributed by atoms with Crippen LogP contribution in [0.3, 0.4) is 0 Å². The lowest BCUT2D eigenvalue weighted by Gasteiger charge is -2.10. The molecular weight excluding hydrogens is 272 g/mol. The van der Waals surface area contributed by atoms with Crippen molar-refractivity contribution in [2.45, 2.75) is 11.4 Å². The van der Waals surface area contributed by atoms with Crippen LogP contribution in [0.1, 0.15) is 11.1 Å². The Hall–Kier alpha value is -2.32. The molecular formula is C15H14N2O2S. The highest BCUT2D eigenvalue weighted by atomic mass is 32.2. The van der Waals surface area contributed by atoms with Gasteiger partial charge in [0.2, 0.25) is 0 Å². The van der Waals surface area contributed by atoms with Crippen molar-refractivity contribution < 1.29 is 8.42 Å². The van der Waals surface area contributed by atoms with Gasteiger partial charge < -0.3 is 5.32 Å². The number of rotatable bonds is 4. The molecule has 0 saturated heterocycles. The standard InChI is InChI=1S/C15H14N2O2S/c1-20(18,19)15-5-3-2-4-14(15)17-11-13-8-6-12(10-16)7-9-13/h2-9,17H,11H2,1H3. The molecule has 20 heavy (non-hydrogen) atoms. The van der Waals surface area contributed by atoms with E-state index in [1.807, 2.05) is 12.1 Å². The van der Waals surface area contributed by atoms with E-state index in [0.29, 0.717) is 17.8 Å². The topological polar surface area (TPSA) is 70.0 Å². The molecule has 0 unspecified atom stereocenters. The highest BCUT2D eigenvalue weighted by Gasteiger charge is 2.11. The zero-order chi connectivity index (χ0) is 14.6. The molecule has 4 nitrogen and oxygen atoms in total. The molecule has 0 aromatic heterocycles. The molecule has 5 heteroatoms. The molecule has 102 valence electrons. The molecule has 0 aliphatic carbocycles. The largest absolute Gasteiger partial charge is 0.380 e. The van der Waals surface area contributed by atoms with Crippen molar-refractivity contribution in [1.82, 2.24) is 0 Å². The first-order valence-corrected chi connectivity index (χ1v) is 7.92. The molecule has 0 spiro atoms. The Morgan fingerprint density at radius 1 is 1.10 bits per heavy atom. The third kappa shape index (κ3) is 3.37. The minimum atomic E-state index is -3.25. The van der Waals surface area contributed by atoms with Gasteiger partial charge in [-0.25, -0.2) is 8.42 Å². The van der Waals surface area contributed by atoms with Crippen LogP contribution in [0.5, 0.6) is 0 Å². The average Bonchev–Trinajstić information content (AvgIpc) is 2.45. The summed E-state index contributed by atoms with van der Waals surface area (Å²) in [5.74, 6) is 0. The predicted octanol–water partition coefficient (Wildman–Crippen LogP) is 2.57. The van der Waals surface area contributed by atoms with Gasteiger partial charge >= 0.3 is 0 Å². The van der Waals surface area contributed by atoms with Crippen molar-refractivity contribution in [2.24, 2.45) is 0 Å². The van der Waals surface area contributed by atoms with Crippen LogP contribution in [0.25, 0.3) is 0 Å². The Morgan fingerprint density at radius 3 is 2.35 bits per heavy atom. The number of para-hydroxylation sites is 1. The minimum absolute atomic E-state index is 0.286. The maximum Gasteiger partial charge on any atom is 0.177 e. The van der Waals surface area contributed by atoms with Crippen molar-refractivity contribution in [3.05, 3.63) is 59.7 Å². The molecule has 0 saturated carbocycles. The van der Waals surface area contributed by atoms with Gasteiger partial charge in [0.1, 0.15) is 0 Å². The van der Waals surface area contributed by atoms with Gasteiger partial charge in [-0.1, -0.05) is 24.3 Å². The van der Waals surface area contributed by atoms with Gasteiger partial charge in [-0.2, -0.15) is 5.26 Å². The number of nitrogens with zero attached hydrogens (tertiary/aromatic N) is 1. The van der Waals surface area contributed by atoms with E-state index in [1.54, 1.807) is 36.4 Å². The highest BCUT2D eigenvalue weighted by Crippen LogP contribution is 2.21. The molecule has 2 aromatic carbocycles. The molecule has 0 aliphatic rings. The van der Waals surface area contributed by atoms with Crippen LogP contribution in [0, 0.1) is 11.3 Å². The number of hydrogen-bond donors (Lipinski definition) is 1. The number of nitrogens with one attached hydrogen (secondary N) is 1. The lowest BCUT2D eigenvalue weighted by Crippen LogP contribution is -2.06. The van der Waals surface area contributed by atoms with Crippen LogP contribution < -0.4 is 5.32 Å². The Bertz CT molecular complexity index is 744. The van der Waals surface area contributed by atoms with Crippen molar-refractivity contribution in [3.63, 3.8) is 0 Å². The molecule has 2 aromatic rings. The summed E-state index contributed by atoms with van der Waals surface area (Å²) in [5, 5.41) is 11.8. The molecule has 0 atom stereocenters. The van der Waals surface area contributed by atoms with Gasteiger partial charge in [-0.3, -0.25) is 0 Å². The fourth-order valence-corrected chi connectivity index (χ4v) is 2.70. The van der Waals surface area contributed by atoms with Crippen LogP contribution in [0.2, 0.25) is 0 Å². The molecule has 0 amide bonds. The summed E-state index contributed by atoms with van der Waals surface area (Å²) in [4.78, 5) is 0.286. The summed E-state index contributed by atoms with van der Waals surface area (Å²) in [5.41, 5.74) is 2.16. The summed E-state index contributed by atoms with van der Waals surface area (Å²) in [7, 11) is -3.25. The van der Waals surface area contributed by atoms with Gasteiger partial charge in [0, 0.05) is 12.8 Å². The molecule has 0 aliphatic heterocycles. The normalized spacial score (nSPS) is 10.8. The lowest BCUT2D eigenvalue weighted by atomic mass is 10.1. The Morgan fingerprint density at radius 2 is 1.75 bits per heavy atom. The van der Waals surface area contributed by atoms with E-state index in [1.165, 1.54) is 6.26 Å². The van der Waals surface area contributed by atoms with Crippen LogP contribution in [-0.2, 0) is 16.4 Å². The second-order valence-electron chi connectivity index (χ2n) is 4.43. The van der Waals surface area contributed by atoms with E-state index in [2.05, 4.69) is 11.4 Å². The Kier molecular flexibility index (Phi) is 4.06. The predicted molar refractivity (Wildman–Crippen MR) is 78.0 cm³/mol. The average molecular weight is 286 g/mol. The van der Waals surface area contributed by atoms with Crippen molar-refractivity contribution in [1.29, 1.82) is 5.26 Å². The zero-order valence-electron chi connectivity index (χ0n) is 11.0. The summed E-state index contributed by atoms with van der Waals surface area (Å²) in [6.45, 7) is 0.498. The maximum atomic E-state index is 11.7. The second-order valence-corrected chi connectivity index (χ2v) is 6.41. The van der Waals surface area contributed by atoms with Crippen LogP contribution in [0.4, 0.5) is 5.69 Å². The van der Waals surface area contributed by atoms with Gasteiger partial charge in [-0.05, 0) is 29.8 Å². The third-order valence-corrected chi connectivity index (χ3v) is 4.01. The van der Waals surface area contributed by atoms with E-state index in [4.69, 9.17) is 5.26 Å². The fraction of sp³-hybridized carbons (Fsp3) is 0.133. The van der Waals surface area contributed by atoms with Crippen molar-refractivity contribution in [3.8, 4) is 6.07 Å². The smallest absolute Gasteiger partial charge is 0.177 e. The zero-order valence-corrected chi connectivity index (χ0v) is 11.8. The number of anilines is 1. The second kappa shape index (κ2) is 5.76. The SMILES string of the molecule is CS(=O)(=O)c1ccccc1NCc1ccc(C#N)cc1. The Balaban J connectivity index is 2.17. The molecule has 2 rings (SSSR count). The molecule has 0 heterocycles. The van der Waals surface area contributed by atoms with Gasteiger partial charge in [0.05, 0.1) is 22.2 Å². The molecule has 0 fully saturated rings. The van der Waals surface area contributed by atoms with Crippen LogP contribution >= 0.6 is 0 Å². The van der Waals surface area contributed by atoms with Crippen molar-refractivity contribution in [2.75, 3.05) is 11.6 Å². The van der Waals surface area contributed by atoms with Crippen LogP contribution in [-0.4, -0.2) is 14.7 Å². The van der Waals surface area contributed by atoms with Gasteiger partial charge in [-0.15, -0.1) is 0 Å². The van der Waals surface area contributed by atoms with Crippen LogP contribution in [0.15, 0.2) is 53.4 Å². The maximum absolute atomic E-state index is 11.7. The van der Waals surface area contributed by atoms with E-state index >= 15 is 0 Å². The Labute approximate surface area is 118 Å². The monoisotopic (exact) mass is 286 g/mol. The number of benzene rings is 2. The summed E-state index contributed by atoms with van der Waals surface area (Å²) in [6, 6.07) is 16.0. The first-order chi connectivity index (χ1) is 9.50. The lowest BCUT2D eigenvalue weighted by molar-refractivity contribution is 0.602. The summed E-state index contributed by atoms with van der Waals surface area (Å²) in [6.07, 6.45) is 1.19. The fourth-order valence-electron chi connectivity index (χ4n) is 1.83. The summed E-state index contributed by atoms with van der Waals surface area (Å²) < 4.78 is 23.3. The number of hydrogen-bond acceptors (Lipinski definition) is 4. The third-order valence-electron chi connectivity index (χ3n) is 2.85.